The molecule has 1 aliphatic rings. The van der Waals surface area contributed by atoms with E-state index in [2.05, 4.69) is 20.2 Å². The summed E-state index contributed by atoms with van der Waals surface area (Å²) in [6.45, 7) is 0.558. The van der Waals surface area contributed by atoms with Crippen LogP contribution in [-0.4, -0.2) is 26.8 Å². The maximum atomic E-state index is 14.5. The van der Waals surface area contributed by atoms with Gasteiger partial charge < -0.3 is 15.5 Å². The molecular weight excluding hydrogens is 416 g/mol. The lowest BCUT2D eigenvalue weighted by Gasteiger charge is -2.16. The second-order valence-electron chi connectivity index (χ2n) is 8.07. The molecule has 0 saturated heterocycles. The van der Waals surface area contributed by atoms with Crippen molar-refractivity contribution in [2.24, 2.45) is 5.92 Å². The van der Waals surface area contributed by atoms with E-state index < -0.39 is 17.2 Å². The smallest absolute Gasteiger partial charge is 0.272 e. The fourth-order valence-electron chi connectivity index (χ4n) is 4.14. The Hall–Kier alpha value is -4.01. The van der Waals surface area contributed by atoms with E-state index >= 15 is 0 Å². The third-order valence-electron chi connectivity index (χ3n) is 5.95. The van der Waals surface area contributed by atoms with Gasteiger partial charge in [-0.05, 0) is 48.6 Å². The quantitative estimate of drug-likeness (QED) is 0.367. The highest BCUT2D eigenvalue weighted by Crippen LogP contribution is 2.41. The van der Waals surface area contributed by atoms with Gasteiger partial charge in [0.15, 0.2) is 11.6 Å². The van der Waals surface area contributed by atoms with E-state index in [1.807, 2.05) is 6.07 Å². The average Bonchev–Trinajstić information content (AvgIpc) is 3.49. The molecule has 0 amide bonds. The molecule has 3 aromatic heterocycles. The van der Waals surface area contributed by atoms with Gasteiger partial charge in [0, 0.05) is 27.9 Å². The lowest BCUT2D eigenvalue weighted by molar-refractivity contribution is 0.303. The van der Waals surface area contributed by atoms with Crippen molar-refractivity contribution in [2.45, 2.75) is 12.8 Å². The summed E-state index contributed by atoms with van der Waals surface area (Å²) < 4.78 is 34.9. The van der Waals surface area contributed by atoms with Crippen molar-refractivity contribution in [3.8, 4) is 16.9 Å². The van der Waals surface area contributed by atoms with E-state index in [9.17, 15) is 13.6 Å². The molecule has 0 bridgehead atoms. The predicted octanol–water partition coefficient (Wildman–Crippen LogP) is 4.27. The Labute approximate surface area is 179 Å². The molecule has 1 fully saturated rings. The Morgan fingerprint density at radius 2 is 2.00 bits per heavy atom. The van der Waals surface area contributed by atoms with Gasteiger partial charge in [-0.1, -0.05) is 0 Å². The van der Waals surface area contributed by atoms with Gasteiger partial charge in [-0.2, -0.15) is 5.10 Å². The Bertz CT molecular complexity index is 1600. The minimum atomic E-state index is -1.07. The van der Waals surface area contributed by atoms with Crippen LogP contribution in [-0.2, 0) is 0 Å². The van der Waals surface area contributed by atoms with E-state index in [0.29, 0.717) is 45.5 Å². The van der Waals surface area contributed by atoms with Crippen molar-refractivity contribution in [3.05, 3.63) is 58.6 Å². The highest BCUT2D eigenvalue weighted by molar-refractivity contribution is 6.15. The molecule has 0 radical (unpaired) electrons. The normalized spacial score (nSPS) is 13.9. The topological polar surface area (TPSA) is 110 Å². The lowest BCUT2D eigenvalue weighted by Crippen LogP contribution is -2.14. The molecule has 32 heavy (non-hydrogen) atoms. The molecule has 7 nitrogen and oxygen atoms in total. The number of pyridine rings is 2. The number of nitrogens with zero attached hydrogens (tertiary/aromatic N) is 2. The zero-order valence-electron chi connectivity index (χ0n) is 16.7. The molecule has 0 spiro atoms. The standard InChI is InChI=1S/C23H17F2N5O2/c24-15-6-12(14-8-28-30-22(14)18(15)25)17-13-7-16(32-9-10-3-4-10)21-11(2-1-5-27-21)20(13)29-23(31)19(17)26/h1-2,5-8,10H,3-4,9,26H2,(H,28,30)(H,29,31). The third kappa shape index (κ3) is 2.74. The van der Waals surface area contributed by atoms with E-state index in [1.165, 1.54) is 6.20 Å². The minimum Gasteiger partial charge on any atom is -0.491 e. The van der Waals surface area contributed by atoms with E-state index in [4.69, 9.17) is 10.5 Å². The lowest BCUT2D eigenvalue weighted by atomic mass is 9.95. The predicted molar refractivity (Wildman–Crippen MR) is 118 cm³/mol. The van der Waals surface area contributed by atoms with Gasteiger partial charge in [0.05, 0.1) is 18.3 Å². The Kier molecular flexibility index (Phi) is 3.95. The maximum Gasteiger partial charge on any atom is 0.272 e. The second kappa shape index (κ2) is 6.74. The van der Waals surface area contributed by atoms with Gasteiger partial charge in [-0.25, -0.2) is 8.78 Å². The number of rotatable bonds is 4. The molecule has 0 atom stereocenters. The number of nitrogens with one attached hydrogen (secondary N) is 2. The summed E-state index contributed by atoms with van der Waals surface area (Å²) in [5, 5.41) is 7.85. The number of halogens is 2. The molecule has 1 aliphatic carbocycles. The van der Waals surface area contributed by atoms with Crippen molar-refractivity contribution in [3.63, 3.8) is 0 Å². The molecule has 3 heterocycles. The van der Waals surface area contributed by atoms with Crippen molar-refractivity contribution in [1.82, 2.24) is 20.2 Å². The molecule has 4 N–H and O–H groups in total. The maximum absolute atomic E-state index is 14.5. The highest BCUT2D eigenvalue weighted by Gasteiger charge is 2.24. The van der Waals surface area contributed by atoms with Crippen molar-refractivity contribution in [2.75, 3.05) is 12.3 Å². The van der Waals surface area contributed by atoms with Crippen LogP contribution in [0.5, 0.6) is 5.75 Å². The van der Waals surface area contributed by atoms with Gasteiger partial charge in [0.2, 0.25) is 0 Å². The van der Waals surface area contributed by atoms with Crippen molar-refractivity contribution in [1.29, 1.82) is 0 Å². The van der Waals surface area contributed by atoms with Gasteiger partial charge in [0.25, 0.3) is 5.56 Å². The summed E-state index contributed by atoms with van der Waals surface area (Å²) in [4.78, 5) is 20.0. The molecule has 2 aromatic carbocycles. The average molecular weight is 433 g/mol. The molecular formula is C23H17F2N5O2. The zero-order chi connectivity index (χ0) is 22.0. The summed E-state index contributed by atoms with van der Waals surface area (Å²) in [6.07, 6.45) is 5.28. The summed E-state index contributed by atoms with van der Waals surface area (Å²) in [5.74, 6) is -1.06. The first-order valence-electron chi connectivity index (χ1n) is 10.2. The van der Waals surface area contributed by atoms with Crippen LogP contribution in [0.4, 0.5) is 14.5 Å². The van der Waals surface area contributed by atoms with Crippen LogP contribution in [0.2, 0.25) is 0 Å². The van der Waals surface area contributed by atoms with Crippen LogP contribution in [0, 0.1) is 17.6 Å². The Morgan fingerprint density at radius 3 is 2.81 bits per heavy atom. The first kappa shape index (κ1) is 18.7. The number of anilines is 1. The van der Waals surface area contributed by atoms with E-state index in [1.54, 1.807) is 18.3 Å². The zero-order valence-corrected chi connectivity index (χ0v) is 16.7. The molecule has 5 aromatic rings. The number of aromatic amines is 2. The van der Waals surface area contributed by atoms with Crippen LogP contribution in [0.1, 0.15) is 12.8 Å². The molecule has 0 aliphatic heterocycles. The van der Waals surface area contributed by atoms with Crippen LogP contribution in [0.15, 0.2) is 41.5 Å². The summed E-state index contributed by atoms with van der Waals surface area (Å²) in [5.41, 5.74) is 7.11. The molecule has 1 saturated carbocycles. The van der Waals surface area contributed by atoms with Gasteiger partial charge in [0.1, 0.15) is 22.5 Å². The number of aromatic nitrogens is 4. The van der Waals surface area contributed by atoms with Crippen LogP contribution in [0.25, 0.3) is 43.8 Å². The SMILES string of the molecule is Nc1c(-c2cc(F)c(F)c3[nH]ncc23)c2cc(OCC3CC3)c3ncccc3c2[nH]c1=O. The fourth-order valence-corrected chi connectivity index (χ4v) is 4.14. The summed E-state index contributed by atoms with van der Waals surface area (Å²) >= 11 is 0. The van der Waals surface area contributed by atoms with Gasteiger partial charge in [-0.3, -0.25) is 14.9 Å². The summed E-state index contributed by atoms with van der Waals surface area (Å²) in [6, 6.07) is 6.37. The molecule has 0 unspecified atom stereocenters. The monoisotopic (exact) mass is 433 g/mol. The van der Waals surface area contributed by atoms with Crippen molar-refractivity contribution >= 4 is 38.4 Å². The number of H-pyrrole nitrogens is 2. The van der Waals surface area contributed by atoms with Crippen LogP contribution >= 0.6 is 0 Å². The number of hydrogen-bond donors (Lipinski definition) is 3. The summed E-state index contributed by atoms with van der Waals surface area (Å²) in [7, 11) is 0. The number of nitrogens with two attached hydrogens (primary N) is 1. The van der Waals surface area contributed by atoms with E-state index in [0.717, 1.165) is 18.9 Å². The molecule has 9 heteroatoms. The van der Waals surface area contributed by atoms with Gasteiger partial charge >= 0.3 is 0 Å². The van der Waals surface area contributed by atoms with Crippen molar-refractivity contribution < 1.29 is 13.5 Å². The Morgan fingerprint density at radius 1 is 1.16 bits per heavy atom. The largest absolute Gasteiger partial charge is 0.491 e. The first-order chi connectivity index (χ1) is 15.5. The third-order valence-corrected chi connectivity index (χ3v) is 5.95. The first-order valence-corrected chi connectivity index (χ1v) is 10.2. The number of fused-ring (bicyclic) bond motifs is 4. The fraction of sp³-hybridized carbons (Fsp3) is 0.174. The van der Waals surface area contributed by atoms with Crippen LogP contribution in [0.3, 0.4) is 0 Å². The van der Waals surface area contributed by atoms with Crippen LogP contribution < -0.4 is 16.0 Å². The number of benzene rings is 2. The Balaban J connectivity index is 1.74. The second-order valence-corrected chi connectivity index (χ2v) is 8.07. The number of nitrogen functional groups attached to an aromatic ring is 1. The highest BCUT2D eigenvalue weighted by atomic mass is 19.2. The number of hydrogen-bond acceptors (Lipinski definition) is 5. The molecule has 6 rings (SSSR count). The number of ether oxygens (including phenoxy) is 1. The van der Waals surface area contributed by atoms with Gasteiger partial charge in [-0.15, -0.1) is 0 Å². The molecule has 160 valence electrons. The minimum absolute atomic E-state index is 0.0968. The van der Waals surface area contributed by atoms with E-state index in [-0.39, 0.29) is 22.3 Å².